The van der Waals surface area contributed by atoms with Gasteiger partial charge in [-0.3, -0.25) is 0 Å². The van der Waals surface area contributed by atoms with E-state index < -0.39 is 0 Å². The molecule has 122 valence electrons. The third kappa shape index (κ3) is 4.89. The quantitative estimate of drug-likeness (QED) is 0.783. The van der Waals surface area contributed by atoms with Crippen LogP contribution in [-0.2, 0) is 9.47 Å². The van der Waals surface area contributed by atoms with Crippen LogP contribution in [-0.4, -0.2) is 52.6 Å². The molecule has 22 heavy (non-hydrogen) atoms. The van der Waals surface area contributed by atoms with Crippen LogP contribution in [0, 0.1) is 0 Å². The molecule has 1 aromatic carbocycles. The smallest absolute Gasteiger partial charge is 0.315 e. The van der Waals surface area contributed by atoms with Gasteiger partial charge in [0.2, 0.25) is 0 Å². The third-order valence-electron chi connectivity index (χ3n) is 3.71. The van der Waals surface area contributed by atoms with E-state index in [-0.39, 0.29) is 12.1 Å². The number of anilines is 1. The Bertz CT molecular complexity index is 458. The van der Waals surface area contributed by atoms with Crippen LogP contribution >= 0.6 is 0 Å². The van der Waals surface area contributed by atoms with Crippen LogP contribution in [0.1, 0.15) is 18.5 Å². The number of methoxy groups -OCH3 is 1. The lowest BCUT2D eigenvalue weighted by atomic mass is 10.1. The Morgan fingerprint density at radius 3 is 2.64 bits per heavy atom. The normalized spacial score (nSPS) is 16.2. The molecule has 0 spiro atoms. The van der Waals surface area contributed by atoms with Gasteiger partial charge in [0, 0.05) is 32.4 Å². The van der Waals surface area contributed by atoms with E-state index in [0.717, 1.165) is 31.9 Å². The van der Waals surface area contributed by atoms with Gasteiger partial charge in [-0.15, -0.1) is 0 Å². The zero-order valence-corrected chi connectivity index (χ0v) is 13.3. The molecule has 6 nitrogen and oxygen atoms in total. The second-order valence-electron chi connectivity index (χ2n) is 5.31. The Morgan fingerprint density at radius 2 is 2.00 bits per heavy atom. The molecule has 1 fully saturated rings. The molecule has 1 saturated heterocycles. The van der Waals surface area contributed by atoms with Gasteiger partial charge in [0.05, 0.1) is 25.9 Å². The van der Waals surface area contributed by atoms with Crippen LogP contribution in [0.5, 0.6) is 0 Å². The Kier molecular flexibility index (Phi) is 6.48. The molecule has 2 N–H and O–H groups in total. The van der Waals surface area contributed by atoms with Crippen molar-refractivity contribution in [3.8, 4) is 0 Å². The van der Waals surface area contributed by atoms with Crippen molar-refractivity contribution < 1.29 is 14.3 Å². The van der Waals surface area contributed by atoms with Gasteiger partial charge < -0.3 is 25.0 Å². The summed E-state index contributed by atoms with van der Waals surface area (Å²) in [6.07, 6.45) is 0. The molecule has 0 aliphatic carbocycles. The van der Waals surface area contributed by atoms with Gasteiger partial charge in [-0.05, 0) is 24.6 Å². The first kappa shape index (κ1) is 16.6. The minimum Gasteiger partial charge on any atom is -0.383 e. The van der Waals surface area contributed by atoms with Gasteiger partial charge >= 0.3 is 6.03 Å². The summed E-state index contributed by atoms with van der Waals surface area (Å²) in [5, 5.41) is 5.67. The van der Waals surface area contributed by atoms with Crippen molar-refractivity contribution in [1.82, 2.24) is 10.6 Å². The molecule has 0 aromatic heterocycles. The predicted molar refractivity (Wildman–Crippen MR) is 86.3 cm³/mol. The molecule has 0 saturated carbocycles. The molecular weight excluding hydrogens is 282 g/mol. The highest BCUT2D eigenvalue weighted by molar-refractivity contribution is 5.74. The standard InChI is InChI=1S/C16H25N3O3/c1-13(18-16(20)17-7-10-21-2)14-3-5-15(6-4-14)19-8-11-22-12-9-19/h3-6,13H,7-12H2,1-2H3,(H2,17,18,20)/t13-/m1/s1. The first-order chi connectivity index (χ1) is 10.7. The van der Waals surface area contributed by atoms with Crippen molar-refractivity contribution in [1.29, 1.82) is 0 Å². The van der Waals surface area contributed by atoms with E-state index >= 15 is 0 Å². The first-order valence-electron chi connectivity index (χ1n) is 7.66. The summed E-state index contributed by atoms with van der Waals surface area (Å²) in [5.74, 6) is 0. The molecule has 0 unspecified atom stereocenters. The Balaban J connectivity index is 1.85. The van der Waals surface area contributed by atoms with Gasteiger partial charge in [0.1, 0.15) is 0 Å². The summed E-state index contributed by atoms with van der Waals surface area (Å²) in [7, 11) is 1.61. The lowest BCUT2D eigenvalue weighted by molar-refractivity contribution is 0.122. The number of benzene rings is 1. The monoisotopic (exact) mass is 307 g/mol. The van der Waals surface area contributed by atoms with Crippen LogP contribution in [0.3, 0.4) is 0 Å². The van der Waals surface area contributed by atoms with E-state index in [2.05, 4.69) is 39.8 Å². The van der Waals surface area contributed by atoms with E-state index in [4.69, 9.17) is 9.47 Å². The number of ether oxygens (including phenoxy) is 2. The fraction of sp³-hybridized carbons (Fsp3) is 0.562. The molecule has 2 rings (SSSR count). The van der Waals surface area contributed by atoms with Gasteiger partial charge in [0.15, 0.2) is 0 Å². The molecule has 0 radical (unpaired) electrons. The highest BCUT2D eigenvalue weighted by Crippen LogP contribution is 2.20. The van der Waals surface area contributed by atoms with Gasteiger partial charge in [0.25, 0.3) is 0 Å². The largest absolute Gasteiger partial charge is 0.383 e. The maximum Gasteiger partial charge on any atom is 0.315 e. The number of morpholine rings is 1. The number of rotatable bonds is 6. The highest BCUT2D eigenvalue weighted by atomic mass is 16.5. The van der Waals surface area contributed by atoms with Crippen LogP contribution in [0.2, 0.25) is 0 Å². The summed E-state index contributed by atoms with van der Waals surface area (Å²) < 4.78 is 10.3. The first-order valence-corrected chi connectivity index (χ1v) is 7.66. The molecule has 1 aliphatic rings. The van der Waals surface area contributed by atoms with Crippen LogP contribution in [0.4, 0.5) is 10.5 Å². The zero-order valence-electron chi connectivity index (χ0n) is 13.3. The number of carbonyl (C=O) groups is 1. The van der Waals surface area contributed by atoms with Crippen molar-refractivity contribution in [3.05, 3.63) is 29.8 Å². The lowest BCUT2D eigenvalue weighted by Gasteiger charge is -2.29. The molecule has 1 aromatic rings. The maximum atomic E-state index is 11.7. The molecule has 6 heteroatoms. The second kappa shape index (κ2) is 8.60. The van der Waals surface area contributed by atoms with E-state index in [1.165, 1.54) is 5.69 Å². The number of carbonyl (C=O) groups excluding carboxylic acids is 1. The topological polar surface area (TPSA) is 62.8 Å². The molecule has 1 heterocycles. The van der Waals surface area contributed by atoms with E-state index in [0.29, 0.717) is 13.2 Å². The third-order valence-corrected chi connectivity index (χ3v) is 3.71. The summed E-state index contributed by atoms with van der Waals surface area (Å²) in [6.45, 7) is 6.40. The molecule has 1 atom stereocenters. The zero-order chi connectivity index (χ0) is 15.8. The van der Waals surface area contributed by atoms with Crippen molar-refractivity contribution in [3.63, 3.8) is 0 Å². The summed E-state index contributed by atoms with van der Waals surface area (Å²) in [4.78, 5) is 14.0. The van der Waals surface area contributed by atoms with Crippen LogP contribution < -0.4 is 15.5 Å². The average Bonchev–Trinajstić information content (AvgIpc) is 2.56. The van der Waals surface area contributed by atoms with E-state index in [1.807, 2.05) is 6.92 Å². The highest BCUT2D eigenvalue weighted by Gasteiger charge is 2.13. The van der Waals surface area contributed by atoms with Gasteiger partial charge in [-0.1, -0.05) is 12.1 Å². The van der Waals surface area contributed by atoms with Crippen molar-refractivity contribution in [2.45, 2.75) is 13.0 Å². The maximum absolute atomic E-state index is 11.7. The average molecular weight is 307 g/mol. The van der Waals surface area contributed by atoms with E-state index in [9.17, 15) is 4.79 Å². The number of urea groups is 1. The SMILES string of the molecule is COCCNC(=O)N[C@H](C)c1ccc(N2CCOCC2)cc1. The number of amides is 2. The lowest BCUT2D eigenvalue weighted by Crippen LogP contribution is -2.38. The summed E-state index contributed by atoms with van der Waals surface area (Å²) in [6, 6.07) is 8.10. The predicted octanol–water partition coefficient (Wildman–Crippen LogP) is 1.53. The van der Waals surface area contributed by atoms with Crippen LogP contribution in [0.25, 0.3) is 0 Å². The van der Waals surface area contributed by atoms with Crippen molar-refractivity contribution in [2.75, 3.05) is 51.5 Å². The Hall–Kier alpha value is -1.79. The fourth-order valence-electron chi connectivity index (χ4n) is 2.39. The van der Waals surface area contributed by atoms with Gasteiger partial charge in [-0.2, -0.15) is 0 Å². The Morgan fingerprint density at radius 1 is 1.32 bits per heavy atom. The summed E-state index contributed by atoms with van der Waals surface area (Å²) >= 11 is 0. The summed E-state index contributed by atoms with van der Waals surface area (Å²) in [5.41, 5.74) is 2.28. The van der Waals surface area contributed by atoms with Crippen molar-refractivity contribution >= 4 is 11.7 Å². The van der Waals surface area contributed by atoms with Crippen LogP contribution in [0.15, 0.2) is 24.3 Å². The number of nitrogens with one attached hydrogen (secondary N) is 2. The second-order valence-corrected chi connectivity index (χ2v) is 5.31. The molecular formula is C16H25N3O3. The van der Waals surface area contributed by atoms with E-state index in [1.54, 1.807) is 7.11 Å². The minimum atomic E-state index is -0.179. The van der Waals surface area contributed by atoms with Gasteiger partial charge in [-0.25, -0.2) is 4.79 Å². The van der Waals surface area contributed by atoms with Crippen molar-refractivity contribution in [2.24, 2.45) is 0 Å². The number of hydrogen-bond donors (Lipinski definition) is 2. The minimum absolute atomic E-state index is 0.0405. The fourth-order valence-corrected chi connectivity index (χ4v) is 2.39. The number of hydrogen-bond acceptors (Lipinski definition) is 4. The molecule has 0 bridgehead atoms. The number of nitrogens with zero attached hydrogens (tertiary/aromatic N) is 1. The molecule has 1 aliphatic heterocycles. The Labute approximate surface area is 131 Å². The molecule has 2 amide bonds.